The summed E-state index contributed by atoms with van der Waals surface area (Å²) in [6.45, 7) is 4.59. The molecule has 0 aliphatic heterocycles. The summed E-state index contributed by atoms with van der Waals surface area (Å²) in [5.41, 5.74) is 0. The second-order valence-electron chi connectivity index (χ2n) is 8.93. The molecule has 0 saturated carbocycles. The van der Waals surface area contributed by atoms with E-state index in [0.29, 0.717) is 10.7 Å². The molecule has 0 aliphatic carbocycles. The van der Waals surface area contributed by atoms with Gasteiger partial charge in [0.2, 0.25) is 0 Å². The minimum Gasteiger partial charge on any atom is -0.316 e. The van der Waals surface area contributed by atoms with E-state index in [1.807, 2.05) is 18.2 Å². The highest BCUT2D eigenvalue weighted by atomic mass is 16.7. The maximum Gasteiger partial charge on any atom is 0.190 e. The zero-order valence-electron chi connectivity index (χ0n) is 19.4. The topological polar surface area (TPSA) is 9.23 Å². The molecule has 2 heteroatoms. The van der Waals surface area contributed by atoms with E-state index >= 15 is 0 Å². The van der Waals surface area contributed by atoms with Gasteiger partial charge in [0, 0.05) is 12.8 Å². The van der Waals surface area contributed by atoms with E-state index in [1.54, 1.807) is 0 Å². The van der Waals surface area contributed by atoms with Crippen LogP contribution in [-0.2, 0) is 0 Å². The van der Waals surface area contributed by atoms with E-state index < -0.39 is 0 Å². The number of hydrogen-bond acceptors (Lipinski definition) is 1. The Morgan fingerprint density at radius 2 is 1.14 bits per heavy atom. The second-order valence-corrected chi connectivity index (χ2v) is 8.93. The summed E-state index contributed by atoms with van der Waals surface area (Å²) in [5, 5.41) is 0. The van der Waals surface area contributed by atoms with Crippen molar-refractivity contribution in [2.75, 3.05) is 14.1 Å². The molecular weight excluding hydrogens is 342 g/mol. The highest BCUT2D eigenvalue weighted by Gasteiger charge is 2.29. The van der Waals surface area contributed by atoms with Crippen molar-refractivity contribution in [3.63, 3.8) is 0 Å². The Balaban J connectivity index is 2.04. The lowest BCUT2D eigenvalue weighted by Gasteiger charge is -2.35. The number of unbranched alkanes of at least 4 members (excludes halogenated alkanes) is 12. The van der Waals surface area contributed by atoms with Gasteiger partial charge < -0.3 is 4.84 Å². The molecule has 1 aromatic rings. The minimum atomic E-state index is 0.563. The van der Waals surface area contributed by atoms with Crippen molar-refractivity contribution in [1.29, 1.82) is 0 Å². The molecule has 1 rings (SSSR count). The molecule has 0 aromatic heterocycles. The summed E-state index contributed by atoms with van der Waals surface area (Å²) >= 11 is 0. The van der Waals surface area contributed by atoms with Crippen LogP contribution in [0.15, 0.2) is 30.3 Å². The van der Waals surface area contributed by atoms with E-state index in [2.05, 4.69) is 40.1 Å². The van der Waals surface area contributed by atoms with Crippen molar-refractivity contribution in [2.24, 2.45) is 0 Å². The third kappa shape index (κ3) is 11.7. The Morgan fingerprint density at radius 3 is 1.61 bits per heavy atom. The summed E-state index contributed by atoms with van der Waals surface area (Å²) in [6.07, 6.45) is 20.9. The summed E-state index contributed by atoms with van der Waals surface area (Å²) in [5.74, 6) is 0.969. The summed E-state index contributed by atoms with van der Waals surface area (Å²) in [6, 6.07) is 10.8. The fraction of sp³-hybridized carbons (Fsp3) is 0.769. The van der Waals surface area contributed by atoms with Gasteiger partial charge in [0.1, 0.15) is 20.1 Å². The van der Waals surface area contributed by atoms with E-state index in [4.69, 9.17) is 4.84 Å². The van der Waals surface area contributed by atoms with Crippen LogP contribution in [0, 0.1) is 0 Å². The maximum atomic E-state index is 6.26. The van der Waals surface area contributed by atoms with Crippen LogP contribution in [0.3, 0.4) is 0 Å². The van der Waals surface area contributed by atoms with Crippen molar-refractivity contribution < 1.29 is 9.48 Å². The van der Waals surface area contributed by atoms with Crippen molar-refractivity contribution in [3.8, 4) is 5.75 Å². The highest BCUT2D eigenvalue weighted by molar-refractivity contribution is 5.20. The van der Waals surface area contributed by atoms with Crippen LogP contribution in [0.2, 0.25) is 0 Å². The predicted octanol–water partition coefficient (Wildman–Crippen LogP) is 8.32. The first-order valence-corrected chi connectivity index (χ1v) is 12.2. The number of nitrogens with zero attached hydrogens (tertiary/aromatic N) is 1. The van der Waals surface area contributed by atoms with E-state index in [1.165, 1.54) is 89.9 Å². The highest BCUT2D eigenvalue weighted by Crippen LogP contribution is 2.22. The van der Waals surface area contributed by atoms with Crippen molar-refractivity contribution in [1.82, 2.24) is 0 Å². The van der Waals surface area contributed by atoms with Gasteiger partial charge in [-0.1, -0.05) is 109 Å². The monoisotopic (exact) mass is 390 g/mol. The lowest BCUT2D eigenvalue weighted by molar-refractivity contribution is -1.07. The SMILES string of the molecule is CCCCCCCCCCCCCCCC(CC)[N+](C)(C)Oc1ccccc1. The quantitative estimate of drug-likeness (QED) is 0.139. The molecule has 0 spiro atoms. The van der Waals surface area contributed by atoms with Gasteiger partial charge >= 0.3 is 0 Å². The van der Waals surface area contributed by atoms with E-state index in [9.17, 15) is 0 Å². The summed E-state index contributed by atoms with van der Waals surface area (Å²) in [7, 11) is 4.40. The van der Waals surface area contributed by atoms with Gasteiger partial charge in [-0.05, 0) is 18.6 Å². The predicted molar refractivity (Wildman–Crippen MR) is 124 cm³/mol. The smallest absolute Gasteiger partial charge is 0.190 e. The lowest BCUT2D eigenvalue weighted by atomic mass is 10.0. The molecule has 0 saturated heterocycles. The van der Waals surface area contributed by atoms with Gasteiger partial charge in [-0.25, -0.2) is 0 Å². The molecule has 0 heterocycles. The third-order valence-corrected chi connectivity index (χ3v) is 6.08. The van der Waals surface area contributed by atoms with Gasteiger partial charge in [-0.15, -0.1) is 4.65 Å². The molecule has 0 fully saturated rings. The first-order valence-electron chi connectivity index (χ1n) is 12.2. The fourth-order valence-electron chi connectivity index (χ4n) is 4.18. The average Bonchev–Trinajstić information content (AvgIpc) is 2.68. The van der Waals surface area contributed by atoms with Crippen molar-refractivity contribution in [2.45, 2.75) is 116 Å². The number of hydrogen-bond donors (Lipinski definition) is 0. The van der Waals surface area contributed by atoms with Crippen molar-refractivity contribution >= 4 is 0 Å². The molecule has 0 N–H and O–H groups in total. The Morgan fingerprint density at radius 1 is 0.679 bits per heavy atom. The van der Waals surface area contributed by atoms with Crippen LogP contribution in [-0.4, -0.2) is 24.8 Å². The standard InChI is InChI=1S/C26H48NO/c1-5-7-8-9-10-11-12-13-14-15-16-17-19-22-25(6-2)27(3,4)28-26-23-20-18-21-24-26/h18,20-21,23-25H,5-17,19,22H2,1-4H3/q+1. The van der Waals surface area contributed by atoms with Crippen LogP contribution in [0.1, 0.15) is 110 Å². The largest absolute Gasteiger partial charge is 0.316 e. The van der Waals surface area contributed by atoms with Crippen LogP contribution >= 0.6 is 0 Å². The second kappa shape index (κ2) is 15.9. The number of rotatable bonds is 18. The molecule has 28 heavy (non-hydrogen) atoms. The van der Waals surface area contributed by atoms with Gasteiger partial charge in [0.15, 0.2) is 5.75 Å². The van der Waals surface area contributed by atoms with E-state index in [0.717, 1.165) is 12.2 Å². The maximum absolute atomic E-state index is 6.26. The minimum absolute atomic E-state index is 0.563. The van der Waals surface area contributed by atoms with Gasteiger partial charge in [0.05, 0.1) is 0 Å². The number of quaternary nitrogens is 1. The molecule has 0 bridgehead atoms. The molecular formula is C26H48NO+. The molecule has 162 valence electrons. The lowest BCUT2D eigenvalue weighted by Crippen LogP contribution is -2.51. The van der Waals surface area contributed by atoms with Crippen LogP contribution in [0.25, 0.3) is 0 Å². The molecule has 1 aromatic carbocycles. The first kappa shape index (κ1) is 25.0. The van der Waals surface area contributed by atoms with Crippen molar-refractivity contribution in [3.05, 3.63) is 30.3 Å². The first-order chi connectivity index (χ1) is 13.6. The zero-order valence-corrected chi connectivity index (χ0v) is 19.4. The van der Waals surface area contributed by atoms with Crippen LogP contribution in [0.4, 0.5) is 0 Å². The van der Waals surface area contributed by atoms with E-state index in [-0.39, 0.29) is 0 Å². The molecule has 0 amide bonds. The molecule has 0 radical (unpaired) electrons. The van der Waals surface area contributed by atoms with Gasteiger partial charge in [0.25, 0.3) is 0 Å². The number of benzene rings is 1. The number of para-hydroxylation sites is 1. The average molecular weight is 391 g/mol. The Kier molecular flexibility index (Phi) is 14.2. The molecule has 1 atom stereocenters. The summed E-state index contributed by atoms with van der Waals surface area (Å²) in [4.78, 5) is 6.26. The van der Waals surface area contributed by atoms with Gasteiger partial charge in [-0.3, -0.25) is 0 Å². The Labute approximate surface area is 176 Å². The molecule has 2 nitrogen and oxygen atoms in total. The third-order valence-electron chi connectivity index (χ3n) is 6.08. The fourth-order valence-corrected chi connectivity index (χ4v) is 4.18. The van der Waals surface area contributed by atoms with Gasteiger partial charge in [-0.2, -0.15) is 0 Å². The normalized spacial score (nSPS) is 12.9. The summed E-state index contributed by atoms with van der Waals surface area (Å²) < 4.78 is 0.624. The van der Waals surface area contributed by atoms with Crippen LogP contribution in [0.5, 0.6) is 5.75 Å². The Bertz CT molecular complexity index is 457. The molecule has 0 aliphatic rings. The zero-order chi connectivity index (χ0) is 20.5. The Hall–Kier alpha value is -1.02. The number of hydroxylamine groups is 3. The van der Waals surface area contributed by atoms with Crippen LogP contribution < -0.4 is 4.84 Å². The molecule has 1 unspecified atom stereocenters.